The SMILES string of the molecule is CCCNc1cc(N(C)C2CCCNC2)nc(C)n1. The van der Waals surface area contributed by atoms with Crippen LogP contribution in [0.3, 0.4) is 0 Å². The minimum absolute atomic E-state index is 0.530. The Hall–Kier alpha value is -1.36. The van der Waals surface area contributed by atoms with Gasteiger partial charge in [0.1, 0.15) is 17.5 Å². The standard InChI is InChI=1S/C14H25N5/c1-4-7-16-13-9-14(18-11(2)17-13)19(3)12-6-5-8-15-10-12/h9,12,15H,4-8,10H2,1-3H3,(H,16,17,18). The minimum Gasteiger partial charge on any atom is -0.370 e. The number of aryl methyl sites for hydroxylation is 1. The maximum Gasteiger partial charge on any atom is 0.134 e. The van der Waals surface area contributed by atoms with Gasteiger partial charge in [0.25, 0.3) is 0 Å². The topological polar surface area (TPSA) is 53.1 Å². The fourth-order valence-corrected chi connectivity index (χ4v) is 2.43. The van der Waals surface area contributed by atoms with E-state index in [2.05, 4.69) is 45.5 Å². The van der Waals surface area contributed by atoms with Crippen LogP contribution in [0.1, 0.15) is 32.0 Å². The molecule has 1 saturated heterocycles. The third-order valence-electron chi connectivity index (χ3n) is 3.56. The van der Waals surface area contributed by atoms with Crippen LogP contribution in [0.5, 0.6) is 0 Å². The van der Waals surface area contributed by atoms with Crippen LogP contribution in [0.2, 0.25) is 0 Å². The highest BCUT2D eigenvalue weighted by molar-refractivity contribution is 5.49. The first-order chi connectivity index (χ1) is 9.20. The predicted octanol–water partition coefficient (Wildman–Crippen LogP) is 1.80. The first-order valence-corrected chi connectivity index (χ1v) is 7.24. The lowest BCUT2D eigenvalue weighted by atomic mass is 10.1. The summed E-state index contributed by atoms with van der Waals surface area (Å²) in [5.41, 5.74) is 0. The highest BCUT2D eigenvalue weighted by atomic mass is 15.2. The van der Waals surface area contributed by atoms with E-state index in [4.69, 9.17) is 0 Å². The zero-order chi connectivity index (χ0) is 13.7. The lowest BCUT2D eigenvalue weighted by Gasteiger charge is -2.32. The molecule has 106 valence electrons. The molecule has 0 bridgehead atoms. The van der Waals surface area contributed by atoms with Crippen LogP contribution >= 0.6 is 0 Å². The molecule has 1 atom stereocenters. The first-order valence-electron chi connectivity index (χ1n) is 7.24. The third kappa shape index (κ3) is 3.80. The Labute approximate surface area is 115 Å². The molecule has 1 aliphatic heterocycles. The van der Waals surface area contributed by atoms with Crippen LogP contribution in [-0.4, -0.2) is 42.7 Å². The molecule has 0 saturated carbocycles. The number of rotatable bonds is 5. The van der Waals surface area contributed by atoms with Crippen molar-refractivity contribution in [2.45, 2.75) is 39.2 Å². The van der Waals surface area contributed by atoms with Crippen LogP contribution in [0.4, 0.5) is 11.6 Å². The Balaban J connectivity index is 2.11. The van der Waals surface area contributed by atoms with Crippen LogP contribution < -0.4 is 15.5 Å². The summed E-state index contributed by atoms with van der Waals surface area (Å²) >= 11 is 0. The molecular weight excluding hydrogens is 238 g/mol. The van der Waals surface area contributed by atoms with E-state index < -0.39 is 0 Å². The van der Waals surface area contributed by atoms with E-state index in [0.717, 1.165) is 43.5 Å². The van der Waals surface area contributed by atoms with E-state index in [9.17, 15) is 0 Å². The van der Waals surface area contributed by atoms with E-state index in [1.165, 1.54) is 12.8 Å². The van der Waals surface area contributed by atoms with Gasteiger partial charge in [-0.25, -0.2) is 9.97 Å². The molecular formula is C14H25N5. The van der Waals surface area contributed by atoms with Crippen molar-refractivity contribution in [2.75, 3.05) is 36.9 Å². The second-order valence-corrected chi connectivity index (χ2v) is 5.20. The summed E-state index contributed by atoms with van der Waals surface area (Å²) in [6.07, 6.45) is 3.56. The molecule has 1 aromatic rings. The quantitative estimate of drug-likeness (QED) is 0.848. The summed E-state index contributed by atoms with van der Waals surface area (Å²) in [5, 5.41) is 6.79. The van der Waals surface area contributed by atoms with Crippen molar-refractivity contribution in [1.82, 2.24) is 15.3 Å². The molecule has 2 N–H and O–H groups in total. The summed E-state index contributed by atoms with van der Waals surface area (Å²) in [4.78, 5) is 11.3. The largest absolute Gasteiger partial charge is 0.370 e. The van der Waals surface area contributed by atoms with Gasteiger partial charge in [-0.1, -0.05) is 6.92 Å². The van der Waals surface area contributed by atoms with Gasteiger partial charge >= 0.3 is 0 Å². The third-order valence-corrected chi connectivity index (χ3v) is 3.56. The van der Waals surface area contributed by atoms with E-state index >= 15 is 0 Å². The van der Waals surface area contributed by atoms with Gasteiger partial charge < -0.3 is 15.5 Å². The monoisotopic (exact) mass is 263 g/mol. The molecule has 5 heteroatoms. The molecule has 0 aliphatic carbocycles. The Bertz CT molecular complexity index is 401. The fraction of sp³-hybridized carbons (Fsp3) is 0.714. The Morgan fingerprint density at radius 2 is 2.32 bits per heavy atom. The van der Waals surface area contributed by atoms with Crippen LogP contribution in [-0.2, 0) is 0 Å². The Morgan fingerprint density at radius 1 is 1.47 bits per heavy atom. The van der Waals surface area contributed by atoms with Crippen molar-refractivity contribution in [3.8, 4) is 0 Å². The average Bonchev–Trinajstić information content (AvgIpc) is 2.44. The molecule has 5 nitrogen and oxygen atoms in total. The summed E-state index contributed by atoms with van der Waals surface area (Å²) in [5.74, 6) is 2.77. The molecule has 1 aromatic heterocycles. The lowest BCUT2D eigenvalue weighted by molar-refractivity contribution is 0.443. The van der Waals surface area contributed by atoms with Crippen molar-refractivity contribution < 1.29 is 0 Å². The van der Waals surface area contributed by atoms with E-state index in [-0.39, 0.29) is 0 Å². The van der Waals surface area contributed by atoms with Crippen LogP contribution in [0.15, 0.2) is 6.07 Å². The number of nitrogens with one attached hydrogen (secondary N) is 2. The summed E-state index contributed by atoms with van der Waals surface area (Å²) in [7, 11) is 2.13. The number of piperidine rings is 1. The molecule has 0 aromatic carbocycles. The van der Waals surface area contributed by atoms with Gasteiger partial charge in [-0.2, -0.15) is 0 Å². The van der Waals surface area contributed by atoms with Crippen LogP contribution in [0, 0.1) is 6.92 Å². The summed E-state index contributed by atoms with van der Waals surface area (Å²) in [6.45, 7) is 7.23. The molecule has 1 unspecified atom stereocenters. The fourth-order valence-electron chi connectivity index (χ4n) is 2.43. The summed E-state index contributed by atoms with van der Waals surface area (Å²) in [6, 6.07) is 2.58. The van der Waals surface area contributed by atoms with Gasteiger partial charge in [0, 0.05) is 32.2 Å². The van der Waals surface area contributed by atoms with Gasteiger partial charge in [0.15, 0.2) is 0 Å². The maximum atomic E-state index is 4.56. The molecule has 2 heterocycles. The summed E-state index contributed by atoms with van der Waals surface area (Å²) < 4.78 is 0. The Morgan fingerprint density at radius 3 is 3.00 bits per heavy atom. The van der Waals surface area contributed by atoms with Crippen molar-refractivity contribution in [3.05, 3.63) is 11.9 Å². The number of aromatic nitrogens is 2. The van der Waals surface area contributed by atoms with Gasteiger partial charge in [-0.3, -0.25) is 0 Å². The molecule has 1 aliphatic rings. The molecule has 0 spiro atoms. The number of anilines is 2. The molecule has 0 radical (unpaired) electrons. The predicted molar refractivity (Wildman–Crippen MR) is 79.8 cm³/mol. The van der Waals surface area contributed by atoms with E-state index in [1.54, 1.807) is 0 Å². The van der Waals surface area contributed by atoms with Crippen molar-refractivity contribution in [1.29, 1.82) is 0 Å². The van der Waals surface area contributed by atoms with Crippen molar-refractivity contribution >= 4 is 11.6 Å². The zero-order valence-corrected chi connectivity index (χ0v) is 12.2. The van der Waals surface area contributed by atoms with Gasteiger partial charge in [-0.15, -0.1) is 0 Å². The van der Waals surface area contributed by atoms with Gasteiger partial charge in [0.2, 0.25) is 0 Å². The van der Waals surface area contributed by atoms with Gasteiger partial charge in [-0.05, 0) is 32.7 Å². The number of likely N-dealkylation sites (N-methyl/N-ethyl adjacent to an activating group) is 1. The molecule has 0 amide bonds. The molecule has 19 heavy (non-hydrogen) atoms. The Kier molecular flexibility index (Phi) is 4.96. The van der Waals surface area contributed by atoms with E-state index in [0.29, 0.717) is 6.04 Å². The van der Waals surface area contributed by atoms with Crippen molar-refractivity contribution in [3.63, 3.8) is 0 Å². The normalized spacial score (nSPS) is 19.2. The average molecular weight is 263 g/mol. The lowest BCUT2D eigenvalue weighted by Crippen LogP contribution is -2.44. The highest BCUT2D eigenvalue weighted by Gasteiger charge is 2.19. The molecule has 2 rings (SSSR count). The zero-order valence-electron chi connectivity index (χ0n) is 12.2. The smallest absolute Gasteiger partial charge is 0.134 e. The van der Waals surface area contributed by atoms with Crippen LogP contribution in [0.25, 0.3) is 0 Å². The first kappa shape index (κ1) is 14.1. The second kappa shape index (κ2) is 6.70. The number of hydrogen-bond donors (Lipinski definition) is 2. The highest BCUT2D eigenvalue weighted by Crippen LogP contribution is 2.19. The van der Waals surface area contributed by atoms with Gasteiger partial charge in [0.05, 0.1) is 0 Å². The number of nitrogens with zero attached hydrogens (tertiary/aromatic N) is 3. The second-order valence-electron chi connectivity index (χ2n) is 5.20. The maximum absolute atomic E-state index is 4.56. The molecule has 1 fully saturated rings. The van der Waals surface area contributed by atoms with E-state index in [1.807, 2.05) is 6.92 Å². The van der Waals surface area contributed by atoms with Crippen molar-refractivity contribution in [2.24, 2.45) is 0 Å². The minimum atomic E-state index is 0.530. The number of hydrogen-bond acceptors (Lipinski definition) is 5.